The van der Waals surface area contributed by atoms with Crippen molar-refractivity contribution in [2.24, 2.45) is 4.99 Å². The molecule has 204 valence electrons. The summed E-state index contributed by atoms with van der Waals surface area (Å²) in [5.41, 5.74) is 3.34. The molecule has 0 bridgehead atoms. The molecule has 3 aromatic carbocycles. The molecule has 0 spiro atoms. The number of hydrogen-bond acceptors (Lipinski definition) is 6. The van der Waals surface area contributed by atoms with Gasteiger partial charge in [0.15, 0.2) is 11.0 Å². The first-order valence-corrected chi connectivity index (χ1v) is 14.5. The number of amides is 2. The van der Waals surface area contributed by atoms with Crippen LogP contribution in [0.4, 0.5) is 11.4 Å². The first kappa shape index (κ1) is 28.0. The average Bonchev–Trinajstić information content (AvgIpc) is 3.28. The van der Waals surface area contributed by atoms with Crippen LogP contribution < -0.4 is 9.80 Å². The van der Waals surface area contributed by atoms with Crippen LogP contribution in [-0.2, 0) is 9.59 Å². The maximum Gasteiger partial charge on any atom is 0.283 e. The van der Waals surface area contributed by atoms with Crippen molar-refractivity contribution in [3.63, 3.8) is 0 Å². The molecule has 5 rings (SSSR count). The van der Waals surface area contributed by atoms with Gasteiger partial charge >= 0.3 is 0 Å². The number of rotatable bonds is 6. The summed E-state index contributed by atoms with van der Waals surface area (Å²) >= 11 is 13.4. The van der Waals surface area contributed by atoms with Gasteiger partial charge in [-0.1, -0.05) is 59.2 Å². The molecular formula is C30H26Cl2N4O3S. The van der Waals surface area contributed by atoms with Crippen molar-refractivity contribution in [2.75, 3.05) is 41.7 Å². The van der Waals surface area contributed by atoms with Crippen LogP contribution in [0.1, 0.15) is 22.8 Å². The summed E-state index contributed by atoms with van der Waals surface area (Å²) < 4.78 is 0. The van der Waals surface area contributed by atoms with Crippen molar-refractivity contribution >= 4 is 75.2 Å². The number of thioether (sulfide) groups is 1. The summed E-state index contributed by atoms with van der Waals surface area (Å²) in [6.45, 7) is 4.12. The van der Waals surface area contributed by atoms with Crippen molar-refractivity contribution in [2.45, 2.75) is 6.92 Å². The van der Waals surface area contributed by atoms with E-state index in [1.165, 1.54) is 16.7 Å². The molecule has 0 aromatic heterocycles. The molecule has 2 amide bonds. The van der Waals surface area contributed by atoms with Crippen molar-refractivity contribution < 1.29 is 14.4 Å². The number of para-hydroxylation sites is 1. The number of carbonyl (C=O) groups is 3. The molecular weight excluding hydrogens is 567 g/mol. The number of benzene rings is 3. The smallest absolute Gasteiger partial charge is 0.283 e. The van der Waals surface area contributed by atoms with Gasteiger partial charge in [0.25, 0.3) is 5.91 Å². The van der Waals surface area contributed by atoms with Gasteiger partial charge in [-0.25, -0.2) is 4.99 Å². The van der Waals surface area contributed by atoms with Crippen molar-refractivity contribution in [1.82, 2.24) is 4.90 Å². The molecule has 0 radical (unpaired) electrons. The summed E-state index contributed by atoms with van der Waals surface area (Å²) in [5.74, 6) is -0.0999. The van der Waals surface area contributed by atoms with E-state index in [0.29, 0.717) is 58.2 Å². The van der Waals surface area contributed by atoms with Crippen LogP contribution in [0.3, 0.4) is 0 Å². The van der Waals surface area contributed by atoms with E-state index >= 15 is 0 Å². The standard InChI is InChI=1S/C30H26Cl2N4O3S/c1-20(37)22-8-10-23(11-9-22)34-13-15-35(16-14-34)28(38)19-40-30-33-27(18-21-7-12-25(31)26(32)17-21)29(39)36(30)24-5-3-2-4-6-24/h2-12,17-18H,13-16,19H2,1H3. The van der Waals surface area contributed by atoms with Crippen molar-refractivity contribution in [3.05, 3.63) is 99.7 Å². The number of amidine groups is 1. The molecule has 0 N–H and O–H groups in total. The Morgan fingerprint density at radius 1 is 0.900 bits per heavy atom. The van der Waals surface area contributed by atoms with E-state index in [2.05, 4.69) is 9.89 Å². The van der Waals surface area contributed by atoms with Gasteiger partial charge in [0.05, 0.1) is 21.5 Å². The van der Waals surface area contributed by atoms with E-state index in [9.17, 15) is 14.4 Å². The predicted octanol–water partition coefficient (Wildman–Crippen LogP) is 6.02. The van der Waals surface area contributed by atoms with Gasteiger partial charge in [-0.15, -0.1) is 0 Å². The second-order valence-corrected chi connectivity index (χ2v) is 11.1. The Hall–Kier alpha value is -3.59. The molecule has 0 saturated carbocycles. The number of halogens is 2. The quantitative estimate of drug-likeness (QED) is 0.258. The second-order valence-electron chi connectivity index (χ2n) is 9.33. The zero-order chi connectivity index (χ0) is 28.2. The number of carbonyl (C=O) groups excluding carboxylic acids is 3. The SMILES string of the molecule is CC(=O)c1ccc(N2CCN(C(=O)CSC3=NC(=Cc4ccc(Cl)c(Cl)c4)C(=O)N3c3ccccc3)CC2)cc1. The first-order chi connectivity index (χ1) is 19.3. The van der Waals surface area contributed by atoms with Gasteiger partial charge in [0.2, 0.25) is 5.91 Å². The van der Waals surface area contributed by atoms with Crippen molar-refractivity contribution in [3.8, 4) is 0 Å². The van der Waals surface area contributed by atoms with Gasteiger partial charge in [-0.3, -0.25) is 19.3 Å². The second kappa shape index (κ2) is 12.3. The highest BCUT2D eigenvalue weighted by Crippen LogP contribution is 2.31. The molecule has 0 aliphatic carbocycles. The van der Waals surface area contributed by atoms with Crippen LogP contribution in [0.5, 0.6) is 0 Å². The maximum absolute atomic E-state index is 13.4. The minimum absolute atomic E-state index is 0.0124. The lowest BCUT2D eigenvalue weighted by atomic mass is 10.1. The first-order valence-electron chi connectivity index (χ1n) is 12.7. The number of nitrogens with zero attached hydrogens (tertiary/aromatic N) is 4. The molecule has 3 aromatic rings. The summed E-state index contributed by atoms with van der Waals surface area (Å²) in [6, 6.07) is 21.9. The van der Waals surface area contributed by atoms with Gasteiger partial charge < -0.3 is 9.80 Å². The molecule has 2 heterocycles. The Morgan fingerprint density at radius 3 is 2.25 bits per heavy atom. The Bertz CT molecular complexity index is 1500. The van der Waals surface area contributed by atoms with Crippen LogP contribution in [-0.4, -0.2) is 59.6 Å². The van der Waals surface area contributed by atoms with E-state index in [1.807, 2.05) is 59.5 Å². The van der Waals surface area contributed by atoms with Gasteiger partial charge in [-0.05, 0) is 67.1 Å². The normalized spacial score (nSPS) is 16.5. The summed E-state index contributed by atoms with van der Waals surface area (Å²) in [6.07, 6.45) is 1.66. The average molecular weight is 594 g/mol. The van der Waals surface area contributed by atoms with Crippen molar-refractivity contribution in [1.29, 1.82) is 0 Å². The Kier molecular flexibility index (Phi) is 8.59. The zero-order valence-electron chi connectivity index (χ0n) is 21.7. The van der Waals surface area contributed by atoms with Gasteiger partial charge in [0.1, 0.15) is 5.70 Å². The van der Waals surface area contributed by atoms with Crippen LogP contribution in [0.25, 0.3) is 6.08 Å². The third kappa shape index (κ3) is 6.25. The largest absolute Gasteiger partial charge is 0.368 e. The predicted molar refractivity (Wildman–Crippen MR) is 163 cm³/mol. The minimum Gasteiger partial charge on any atom is -0.368 e. The van der Waals surface area contributed by atoms with E-state index in [0.717, 1.165) is 5.69 Å². The highest BCUT2D eigenvalue weighted by atomic mass is 35.5. The minimum atomic E-state index is -0.281. The molecule has 10 heteroatoms. The van der Waals surface area contributed by atoms with Crippen LogP contribution in [0.2, 0.25) is 10.0 Å². The molecule has 40 heavy (non-hydrogen) atoms. The number of piperazine rings is 1. The number of Topliss-reactive ketones (excluding diaryl/α,β-unsaturated/α-hetero) is 1. The van der Waals surface area contributed by atoms with E-state index in [-0.39, 0.29) is 29.0 Å². The zero-order valence-corrected chi connectivity index (χ0v) is 24.0. The number of ketones is 1. The fourth-order valence-corrected chi connectivity index (χ4v) is 5.72. The lowest BCUT2D eigenvalue weighted by molar-refractivity contribution is -0.128. The molecule has 2 aliphatic heterocycles. The third-order valence-electron chi connectivity index (χ3n) is 6.69. The third-order valence-corrected chi connectivity index (χ3v) is 8.35. The summed E-state index contributed by atoms with van der Waals surface area (Å²) in [7, 11) is 0. The maximum atomic E-state index is 13.4. The highest BCUT2D eigenvalue weighted by molar-refractivity contribution is 8.14. The summed E-state index contributed by atoms with van der Waals surface area (Å²) in [5, 5.41) is 1.26. The molecule has 1 saturated heterocycles. The molecule has 2 aliphatic rings. The Morgan fingerprint density at radius 2 is 1.60 bits per heavy atom. The molecule has 0 unspecified atom stereocenters. The Labute approximate surface area is 247 Å². The Balaban J connectivity index is 1.26. The van der Waals surface area contributed by atoms with Crippen LogP contribution in [0, 0.1) is 0 Å². The van der Waals surface area contributed by atoms with E-state index in [4.69, 9.17) is 23.2 Å². The van der Waals surface area contributed by atoms with Crippen LogP contribution in [0.15, 0.2) is 83.5 Å². The van der Waals surface area contributed by atoms with E-state index < -0.39 is 0 Å². The van der Waals surface area contributed by atoms with E-state index in [1.54, 1.807) is 31.2 Å². The topological polar surface area (TPSA) is 73.3 Å². The fraction of sp³-hybridized carbons (Fsp3) is 0.200. The van der Waals surface area contributed by atoms with Gasteiger partial charge in [0, 0.05) is 37.4 Å². The number of hydrogen-bond donors (Lipinski definition) is 0. The number of anilines is 2. The molecule has 7 nitrogen and oxygen atoms in total. The lowest BCUT2D eigenvalue weighted by Crippen LogP contribution is -2.49. The number of aliphatic imine (C=N–C) groups is 1. The van der Waals surface area contributed by atoms with Crippen LogP contribution >= 0.6 is 35.0 Å². The highest BCUT2D eigenvalue weighted by Gasteiger charge is 2.33. The summed E-state index contributed by atoms with van der Waals surface area (Å²) in [4.78, 5) is 48.3. The lowest BCUT2D eigenvalue weighted by Gasteiger charge is -2.36. The van der Waals surface area contributed by atoms with Gasteiger partial charge in [-0.2, -0.15) is 0 Å². The molecule has 0 atom stereocenters. The monoisotopic (exact) mass is 592 g/mol. The molecule has 1 fully saturated rings. The fourth-order valence-electron chi connectivity index (χ4n) is 4.50.